The Bertz CT molecular complexity index is 461. The molecule has 0 aromatic carbocycles. The minimum absolute atomic E-state index is 0.313. The molecule has 1 aromatic rings. The normalized spacial score (nSPS) is 12.7. The first kappa shape index (κ1) is 15.5. The summed E-state index contributed by atoms with van der Waals surface area (Å²) in [5.74, 6) is -0.142. The summed E-state index contributed by atoms with van der Waals surface area (Å²) >= 11 is 1.26. The van der Waals surface area contributed by atoms with Gasteiger partial charge in [-0.2, -0.15) is 0 Å². The zero-order valence-electron chi connectivity index (χ0n) is 11.8. The van der Waals surface area contributed by atoms with Crippen LogP contribution in [-0.2, 0) is 9.53 Å². The number of methoxy groups -OCH3 is 1. The van der Waals surface area contributed by atoms with Gasteiger partial charge < -0.3 is 14.8 Å². The van der Waals surface area contributed by atoms with Crippen molar-refractivity contribution in [3.05, 3.63) is 16.3 Å². The van der Waals surface area contributed by atoms with Gasteiger partial charge in [-0.1, -0.05) is 0 Å². The molecule has 0 unspecified atom stereocenters. The summed E-state index contributed by atoms with van der Waals surface area (Å²) in [5, 5.41) is 4.33. The Morgan fingerprint density at radius 1 is 1.37 bits per heavy atom. The van der Waals surface area contributed by atoms with E-state index in [-0.39, 0.29) is 5.91 Å². The molecule has 1 rings (SSSR count). The predicted molar refractivity (Wildman–Crippen MR) is 73.6 cm³/mol. The Morgan fingerprint density at radius 3 is 2.47 bits per heavy atom. The highest BCUT2D eigenvalue weighted by molar-refractivity contribution is 7.12. The molecule has 0 aliphatic carbocycles. The van der Waals surface area contributed by atoms with Crippen LogP contribution in [0.4, 0.5) is 0 Å². The van der Waals surface area contributed by atoms with Gasteiger partial charge in [0.2, 0.25) is 0 Å². The van der Waals surface area contributed by atoms with Crippen molar-refractivity contribution in [1.82, 2.24) is 5.32 Å². The van der Waals surface area contributed by atoms with E-state index < -0.39 is 17.6 Å². The number of esters is 1. The Labute approximate surface area is 116 Å². The highest BCUT2D eigenvalue weighted by atomic mass is 32.1. The molecule has 0 saturated carbocycles. The van der Waals surface area contributed by atoms with Crippen molar-refractivity contribution in [2.75, 3.05) is 7.11 Å². The molecular formula is C13H19NO4S. The third-order valence-electron chi connectivity index (χ3n) is 2.14. The van der Waals surface area contributed by atoms with E-state index in [9.17, 15) is 9.59 Å². The topological polar surface area (TPSA) is 64.6 Å². The van der Waals surface area contributed by atoms with Crippen LogP contribution in [0.1, 0.15) is 37.4 Å². The fraction of sp³-hybridized carbons (Fsp3) is 0.538. The SMILES string of the molecule is COc1csc(C(=O)N[C@H](C)C(=O)OC(C)(C)C)c1. The number of hydrogen-bond acceptors (Lipinski definition) is 5. The molecule has 0 aliphatic rings. The third-order valence-corrected chi connectivity index (χ3v) is 3.05. The predicted octanol–water partition coefficient (Wildman–Crippen LogP) is 2.22. The monoisotopic (exact) mass is 285 g/mol. The summed E-state index contributed by atoms with van der Waals surface area (Å²) in [6, 6.07) is 0.932. The minimum Gasteiger partial charge on any atom is -0.496 e. The second-order valence-corrected chi connectivity index (χ2v) is 5.99. The van der Waals surface area contributed by atoms with Gasteiger partial charge in [0.25, 0.3) is 5.91 Å². The molecule has 0 spiro atoms. The van der Waals surface area contributed by atoms with E-state index in [1.54, 1.807) is 39.1 Å². The van der Waals surface area contributed by atoms with Crippen LogP contribution in [0.15, 0.2) is 11.4 Å². The molecule has 6 heteroatoms. The van der Waals surface area contributed by atoms with Crippen molar-refractivity contribution in [3.8, 4) is 5.75 Å². The van der Waals surface area contributed by atoms with E-state index in [1.165, 1.54) is 18.4 Å². The second-order valence-electron chi connectivity index (χ2n) is 5.08. The lowest BCUT2D eigenvalue weighted by atomic mass is 10.2. The lowest BCUT2D eigenvalue weighted by molar-refractivity contribution is -0.156. The van der Waals surface area contributed by atoms with Gasteiger partial charge in [0, 0.05) is 11.4 Å². The molecule has 0 aliphatic heterocycles. The molecule has 0 fully saturated rings. The fourth-order valence-corrected chi connectivity index (χ4v) is 2.02. The van der Waals surface area contributed by atoms with Crippen LogP contribution >= 0.6 is 11.3 Å². The summed E-state index contributed by atoms with van der Waals surface area (Å²) in [4.78, 5) is 24.1. The van der Waals surface area contributed by atoms with Gasteiger partial charge in [-0.15, -0.1) is 11.3 Å². The van der Waals surface area contributed by atoms with E-state index in [4.69, 9.17) is 9.47 Å². The van der Waals surface area contributed by atoms with Crippen molar-refractivity contribution >= 4 is 23.2 Å². The number of ether oxygens (including phenoxy) is 2. The van der Waals surface area contributed by atoms with E-state index in [0.717, 1.165) is 0 Å². The molecule has 1 heterocycles. The lowest BCUT2D eigenvalue weighted by Gasteiger charge is -2.22. The van der Waals surface area contributed by atoms with Crippen LogP contribution in [0.3, 0.4) is 0 Å². The number of thiophene rings is 1. The first-order valence-corrected chi connectivity index (χ1v) is 6.77. The average Bonchev–Trinajstić information content (AvgIpc) is 2.75. The van der Waals surface area contributed by atoms with E-state index >= 15 is 0 Å². The van der Waals surface area contributed by atoms with E-state index in [0.29, 0.717) is 10.6 Å². The van der Waals surface area contributed by atoms with Gasteiger partial charge >= 0.3 is 5.97 Å². The van der Waals surface area contributed by atoms with Gasteiger partial charge in [-0.3, -0.25) is 4.79 Å². The van der Waals surface area contributed by atoms with Crippen LogP contribution in [0, 0.1) is 0 Å². The first-order valence-electron chi connectivity index (χ1n) is 5.89. The zero-order valence-corrected chi connectivity index (χ0v) is 12.6. The molecule has 1 N–H and O–H groups in total. The molecule has 19 heavy (non-hydrogen) atoms. The van der Waals surface area contributed by atoms with Crippen LogP contribution in [-0.4, -0.2) is 30.6 Å². The van der Waals surface area contributed by atoms with Crippen molar-refractivity contribution in [3.63, 3.8) is 0 Å². The maximum Gasteiger partial charge on any atom is 0.328 e. The standard InChI is InChI=1S/C13H19NO4S/c1-8(12(16)18-13(2,3)4)14-11(15)10-6-9(17-5)7-19-10/h6-8H,1-5H3,(H,14,15)/t8-/m1/s1. The summed E-state index contributed by atoms with van der Waals surface area (Å²) in [7, 11) is 1.53. The van der Waals surface area contributed by atoms with Crippen molar-refractivity contribution in [1.29, 1.82) is 0 Å². The third kappa shape index (κ3) is 4.90. The molecule has 1 atom stereocenters. The summed E-state index contributed by atoms with van der Waals surface area (Å²) in [6.07, 6.45) is 0. The lowest BCUT2D eigenvalue weighted by Crippen LogP contribution is -2.42. The molecule has 1 aromatic heterocycles. The first-order chi connectivity index (χ1) is 8.73. The quantitative estimate of drug-likeness (QED) is 0.861. The van der Waals surface area contributed by atoms with Crippen LogP contribution in [0.5, 0.6) is 5.75 Å². The van der Waals surface area contributed by atoms with Gasteiger partial charge in [0.1, 0.15) is 17.4 Å². The molecule has 0 bridgehead atoms. The number of carbonyl (C=O) groups excluding carboxylic acids is 2. The van der Waals surface area contributed by atoms with Crippen molar-refractivity contribution in [2.24, 2.45) is 0 Å². The summed E-state index contributed by atoms with van der Waals surface area (Å²) in [5.41, 5.74) is -0.567. The Morgan fingerprint density at radius 2 is 2.00 bits per heavy atom. The van der Waals surface area contributed by atoms with Crippen molar-refractivity contribution < 1.29 is 19.1 Å². The van der Waals surface area contributed by atoms with Crippen molar-refractivity contribution in [2.45, 2.75) is 39.3 Å². The van der Waals surface area contributed by atoms with Gasteiger partial charge in [-0.25, -0.2) is 4.79 Å². The second kappa shape index (κ2) is 6.06. The highest BCUT2D eigenvalue weighted by Gasteiger charge is 2.23. The fourth-order valence-electron chi connectivity index (χ4n) is 1.26. The molecule has 5 nitrogen and oxygen atoms in total. The minimum atomic E-state index is -0.695. The average molecular weight is 285 g/mol. The van der Waals surface area contributed by atoms with Gasteiger partial charge in [0.05, 0.1) is 12.0 Å². The number of carbonyl (C=O) groups is 2. The maximum absolute atomic E-state index is 11.9. The highest BCUT2D eigenvalue weighted by Crippen LogP contribution is 2.21. The Hall–Kier alpha value is -1.56. The van der Waals surface area contributed by atoms with E-state index in [2.05, 4.69) is 5.32 Å². The number of rotatable bonds is 4. The van der Waals surface area contributed by atoms with Crippen LogP contribution < -0.4 is 10.1 Å². The van der Waals surface area contributed by atoms with Gasteiger partial charge in [-0.05, 0) is 27.7 Å². The summed E-state index contributed by atoms with van der Waals surface area (Å²) < 4.78 is 10.2. The van der Waals surface area contributed by atoms with E-state index in [1.807, 2.05) is 0 Å². The zero-order chi connectivity index (χ0) is 14.6. The summed E-state index contributed by atoms with van der Waals surface area (Å²) in [6.45, 7) is 6.94. The number of nitrogens with one attached hydrogen (secondary N) is 1. The molecule has 0 radical (unpaired) electrons. The molecule has 0 saturated heterocycles. The van der Waals surface area contributed by atoms with Crippen LogP contribution in [0.2, 0.25) is 0 Å². The molecular weight excluding hydrogens is 266 g/mol. The number of amides is 1. The number of hydrogen-bond donors (Lipinski definition) is 1. The Balaban J connectivity index is 2.59. The maximum atomic E-state index is 11.9. The van der Waals surface area contributed by atoms with Gasteiger partial charge in [0.15, 0.2) is 0 Å². The van der Waals surface area contributed by atoms with Crippen LogP contribution in [0.25, 0.3) is 0 Å². The Kier molecular flexibility index (Phi) is 4.94. The molecule has 106 valence electrons. The molecule has 1 amide bonds. The largest absolute Gasteiger partial charge is 0.496 e. The smallest absolute Gasteiger partial charge is 0.328 e.